The smallest absolute Gasteiger partial charge is 0.0946 e. The van der Waals surface area contributed by atoms with Crippen LogP contribution >= 0.6 is 23.5 Å². The van der Waals surface area contributed by atoms with Crippen LogP contribution in [-0.2, 0) is 13.0 Å². The lowest BCUT2D eigenvalue weighted by molar-refractivity contribution is 0.591. The number of imidazole rings is 1. The predicted octanol–water partition coefficient (Wildman–Crippen LogP) is 5.56. The third-order valence-electron chi connectivity index (χ3n) is 4.69. The summed E-state index contributed by atoms with van der Waals surface area (Å²) in [6.07, 6.45) is 12.4. The summed E-state index contributed by atoms with van der Waals surface area (Å²) in [5.41, 5.74) is 2.81. The fraction of sp³-hybridized carbons (Fsp3) is 0.550. The second-order valence-corrected chi connectivity index (χ2v) is 10.2. The van der Waals surface area contributed by atoms with E-state index in [-0.39, 0.29) is 0 Å². The van der Waals surface area contributed by atoms with E-state index in [2.05, 4.69) is 77.4 Å². The van der Waals surface area contributed by atoms with Crippen molar-refractivity contribution in [2.45, 2.75) is 61.8 Å². The lowest BCUT2D eigenvalue weighted by Crippen LogP contribution is -2.25. The van der Waals surface area contributed by atoms with Gasteiger partial charge in [-0.15, -0.1) is 23.5 Å². The second-order valence-electron chi connectivity index (χ2n) is 6.82. The van der Waals surface area contributed by atoms with Crippen LogP contribution in [0.1, 0.15) is 43.7 Å². The van der Waals surface area contributed by atoms with E-state index >= 15 is 0 Å². The quantitative estimate of drug-likeness (QED) is 0.614. The summed E-state index contributed by atoms with van der Waals surface area (Å²) in [4.78, 5) is 4.24. The first-order valence-corrected chi connectivity index (χ1v) is 10.9. The van der Waals surface area contributed by atoms with Crippen molar-refractivity contribution in [3.8, 4) is 0 Å². The summed E-state index contributed by atoms with van der Waals surface area (Å²) in [5, 5.41) is 0.816. The Balaban J connectivity index is 1.66. The van der Waals surface area contributed by atoms with Crippen LogP contribution in [0, 0.1) is 6.92 Å². The molecule has 2 heterocycles. The summed E-state index contributed by atoms with van der Waals surface area (Å²) >= 11 is 4.42. The predicted molar refractivity (Wildman–Crippen MR) is 108 cm³/mol. The number of hydrogen-bond acceptors (Lipinski definition) is 3. The molecule has 130 valence electrons. The molecule has 0 amide bonds. The van der Waals surface area contributed by atoms with Gasteiger partial charge >= 0.3 is 0 Å². The average molecular weight is 361 g/mol. The Morgan fingerprint density at radius 2 is 2.12 bits per heavy atom. The van der Waals surface area contributed by atoms with E-state index in [1.165, 1.54) is 42.6 Å². The first kappa shape index (κ1) is 17.9. The fourth-order valence-electron chi connectivity index (χ4n) is 3.23. The topological polar surface area (TPSA) is 17.8 Å². The normalized spacial score (nSPS) is 23.7. The lowest BCUT2D eigenvalue weighted by atomic mass is 10.1. The van der Waals surface area contributed by atoms with Crippen LogP contribution in [0.4, 0.5) is 0 Å². The molecule has 1 fully saturated rings. The van der Waals surface area contributed by atoms with E-state index in [0.29, 0.717) is 4.08 Å². The molecule has 24 heavy (non-hydrogen) atoms. The van der Waals surface area contributed by atoms with E-state index in [9.17, 15) is 0 Å². The first-order valence-electron chi connectivity index (χ1n) is 9.02. The van der Waals surface area contributed by atoms with Gasteiger partial charge in [-0.05, 0) is 31.7 Å². The first-order chi connectivity index (χ1) is 11.7. The van der Waals surface area contributed by atoms with Gasteiger partial charge in [-0.1, -0.05) is 49.6 Å². The Bertz CT molecular complexity index is 609. The van der Waals surface area contributed by atoms with Gasteiger partial charge in [-0.25, -0.2) is 4.98 Å². The van der Waals surface area contributed by atoms with Gasteiger partial charge in [0.1, 0.15) is 0 Å². The molecule has 0 saturated carbocycles. The van der Waals surface area contributed by atoms with Crippen molar-refractivity contribution in [1.82, 2.24) is 9.55 Å². The second kappa shape index (κ2) is 8.48. The maximum atomic E-state index is 4.24. The van der Waals surface area contributed by atoms with Crippen molar-refractivity contribution in [3.05, 3.63) is 54.1 Å². The Labute approximate surface area is 154 Å². The molecule has 0 radical (unpaired) electrons. The van der Waals surface area contributed by atoms with Crippen molar-refractivity contribution in [1.29, 1.82) is 0 Å². The van der Waals surface area contributed by atoms with Gasteiger partial charge in [0.15, 0.2) is 0 Å². The molecule has 1 saturated heterocycles. The Morgan fingerprint density at radius 3 is 2.83 bits per heavy atom. The molecule has 1 aromatic carbocycles. The number of thioether (sulfide) groups is 2. The molecule has 0 aliphatic carbocycles. The molecular weight excluding hydrogens is 332 g/mol. The molecule has 0 spiro atoms. The molecular formula is C20H28N2S2. The minimum atomic E-state index is 0.296. The highest BCUT2D eigenvalue weighted by Gasteiger charge is 2.40. The van der Waals surface area contributed by atoms with E-state index in [1.807, 2.05) is 12.5 Å². The van der Waals surface area contributed by atoms with Crippen LogP contribution in [0.3, 0.4) is 0 Å². The van der Waals surface area contributed by atoms with Gasteiger partial charge in [-0.3, -0.25) is 0 Å². The highest BCUT2D eigenvalue weighted by Crippen LogP contribution is 2.53. The summed E-state index contributed by atoms with van der Waals surface area (Å²) in [5.74, 6) is 1.30. The van der Waals surface area contributed by atoms with Gasteiger partial charge < -0.3 is 4.57 Å². The molecule has 1 aliphatic rings. The Kier molecular flexibility index (Phi) is 6.34. The lowest BCUT2D eigenvalue weighted by Gasteiger charge is -2.28. The highest BCUT2D eigenvalue weighted by atomic mass is 32.2. The van der Waals surface area contributed by atoms with Gasteiger partial charge in [0.05, 0.1) is 10.4 Å². The number of benzene rings is 1. The number of rotatable bonds is 8. The van der Waals surface area contributed by atoms with Crippen LogP contribution in [0.25, 0.3) is 0 Å². The number of hydrogen-bond donors (Lipinski definition) is 0. The zero-order valence-corrected chi connectivity index (χ0v) is 16.4. The molecule has 4 heteroatoms. The van der Waals surface area contributed by atoms with E-state index < -0.39 is 0 Å². The maximum absolute atomic E-state index is 4.24. The number of nitrogens with zero attached hydrogens (tertiary/aromatic N) is 2. The van der Waals surface area contributed by atoms with Gasteiger partial charge in [0.2, 0.25) is 0 Å². The van der Waals surface area contributed by atoms with Crippen molar-refractivity contribution >= 4 is 23.5 Å². The Hall–Kier alpha value is -0.870. The van der Waals surface area contributed by atoms with E-state index in [0.717, 1.165) is 18.2 Å². The molecule has 0 N–H and O–H groups in total. The molecule has 2 nitrogen and oxygen atoms in total. The zero-order chi connectivity index (χ0) is 16.8. The Morgan fingerprint density at radius 1 is 1.29 bits per heavy atom. The molecule has 0 bridgehead atoms. The fourth-order valence-corrected chi connectivity index (χ4v) is 7.07. The molecule has 2 unspecified atom stereocenters. The number of aryl methyl sites for hydroxylation is 2. The molecule has 2 aromatic rings. The summed E-state index contributed by atoms with van der Waals surface area (Å²) < 4.78 is 2.56. The maximum Gasteiger partial charge on any atom is 0.0946 e. The van der Waals surface area contributed by atoms with Crippen molar-refractivity contribution in [2.75, 3.05) is 5.75 Å². The molecule has 2 atom stereocenters. The van der Waals surface area contributed by atoms with Crippen LogP contribution in [0.2, 0.25) is 0 Å². The standard InChI is InChI=1S/C20H28N2S2/c1-3-4-5-19-14-23-20(24-19,15-22-13-12-21-16-22)11-10-18-8-6-17(2)7-9-18/h6-9,12-13,16,19H,3-5,10-11,14-15H2,1-2H3. The monoisotopic (exact) mass is 360 g/mol. The van der Waals surface area contributed by atoms with Crippen molar-refractivity contribution in [2.24, 2.45) is 0 Å². The van der Waals surface area contributed by atoms with Gasteiger partial charge in [-0.2, -0.15) is 0 Å². The van der Waals surface area contributed by atoms with Crippen LogP contribution in [0.15, 0.2) is 43.0 Å². The summed E-state index contributed by atoms with van der Waals surface area (Å²) in [6.45, 7) is 5.52. The SMILES string of the molecule is CCCCC1CSC(CCc2ccc(C)cc2)(Cn2ccnc2)S1. The zero-order valence-electron chi connectivity index (χ0n) is 14.8. The van der Waals surface area contributed by atoms with Crippen molar-refractivity contribution in [3.63, 3.8) is 0 Å². The summed E-state index contributed by atoms with van der Waals surface area (Å²) in [6, 6.07) is 9.05. The highest BCUT2D eigenvalue weighted by molar-refractivity contribution is 8.21. The molecule has 3 rings (SSSR count). The molecule has 1 aromatic heterocycles. The largest absolute Gasteiger partial charge is 0.335 e. The average Bonchev–Trinajstić information content (AvgIpc) is 3.23. The minimum absolute atomic E-state index is 0.296. The number of unbranched alkanes of at least 4 members (excludes halogenated alkanes) is 1. The van der Waals surface area contributed by atoms with Crippen LogP contribution < -0.4 is 0 Å². The minimum Gasteiger partial charge on any atom is -0.335 e. The van der Waals surface area contributed by atoms with Gasteiger partial charge in [0.25, 0.3) is 0 Å². The third kappa shape index (κ3) is 4.82. The van der Waals surface area contributed by atoms with Gasteiger partial charge in [0, 0.05) is 29.9 Å². The van der Waals surface area contributed by atoms with Crippen LogP contribution in [0.5, 0.6) is 0 Å². The van der Waals surface area contributed by atoms with Crippen molar-refractivity contribution < 1.29 is 0 Å². The van der Waals surface area contributed by atoms with E-state index in [1.54, 1.807) is 0 Å². The molecule has 1 aliphatic heterocycles. The summed E-state index contributed by atoms with van der Waals surface area (Å²) in [7, 11) is 0. The number of aromatic nitrogens is 2. The van der Waals surface area contributed by atoms with Crippen LogP contribution in [-0.4, -0.2) is 24.6 Å². The third-order valence-corrected chi connectivity index (χ3v) is 8.47. The van der Waals surface area contributed by atoms with E-state index in [4.69, 9.17) is 0 Å².